The molecule has 0 aliphatic heterocycles. The van der Waals surface area contributed by atoms with Gasteiger partial charge in [0, 0.05) is 20.1 Å². The van der Waals surface area contributed by atoms with Gasteiger partial charge in [-0.25, -0.2) is 4.39 Å². The third-order valence-electron chi connectivity index (χ3n) is 3.02. The summed E-state index contributed by atoms with van der Waals surface area (Å²) in [6, 6.07) is 4.61. The summed E-state index contributed by atoms with van der Waals surface area (Å²) in [6.07, 6.45) is -4.44. The molecule has 8 heteroatoms. The van der Waals surface area contributed by atoms with Gasteiger partial charge in [0.1, 0.15) is 11.9 Å². The molecule has 0 spiro atoms. The molecule has 0 saturated heterocycles. The number of halogens is 4. The predicted octanol–water partition coefficient (Wildman–Crippen LogP) is 2.19. The molecule has 0 fully saturated rings. The van der Waals surface area contributed by atoms with Gasteiger partial charge in [0.2, 0.25) is 5.91 Å². The van der Waals surface area contributed by atoms with E-state index in [9.17, 15) is 22.4 Å². The van der Waals surface area contributed by atoms with Crippen molar-refractivity contribution in [1.82, 2.24) is 5.32 Å². The van der Waals surface area contributed by atoms with E-state index in [0.29, 0.717) is 5.56 Å². The fourth-order valence-electron chi connectivity index (χ4n) is 1.86. The zero-order chi connectivity index (χ0) is 17.5. The lowest BCUT2D eigenvalue weighted by Crippen LogP contribution is -2.38. The Morgan fingerprint density at radius 1 is 1.43 bits per heavy atom. The van der Waals surface area contributed by atoms with Crippen LogP contribution in [0.3, 0.4) is 0 Å². The van der Waals surface area contributed by atoms with Gasteiger partial charge in [-0.1, -0.05) is 18.2 Å². The van der Waals surface area contributed by atoms with Crippen LogP contribution in [-0.4, -0.2) is 32.2 Å². The maximum atomic E-state index is 13.1. The lowest BCUT2D eigenvalue weighted by atomic mass is 10.0. The SMILES string of the molecule is COC(Cc1cccc(C(F)(F)F)c1)C(=O)NCC(F)=CCN. The Labute approximate surface area is 131 Å². The third kappa shape index (κ3) is 6.37. The molecule has 0 radical (unpaired) electrons. The van der Waals surface area contributed by atoms with Gasteiger partial charge in [-0.3, -0.25) is 4.79 Å². The van der Waals surface area contributed by atoms with E-state index < -0.39 is 29.6 Å². The molecular weight excluding hydrogens is 316 g/mol. The van der Waals surface area contributed by atoms with Crippen molar-refractivity contribution in [2.45, 2.75) is 18.7 Å². The predicted molar refractivity (Wildman–Crippen MR) is 77.2 cm³/mol. The highest BCUT2D eigenvalue weighted by molar-refractivity contribution is 5.81. The van der Waals surface area contributed by atoms with Crippen LogP contribution in [0, 0.1) is 0 Å². The Balaban J connectivity index is 2.72. The molecule has 1 rings (SSSR count). The van der Waals surface area contributed by atoms with Crippen LogP contribution in [0.2, 0.25) is 0 Å². The van der Waals surface area contributed by atoms with Crippen LogP contribution in [0.25, 0.3) is 0 Å². The van der Waals surface area contributed by atoms with Crippen LogP contribution in [0.5, 0.6) is 0 Å². The zero-order valence-corrected chi connectivity index (χ0v) is 12.5. The van der Waals surface area contributed by atoms with E-state index in [1.165, 1.54) is 19.2 Å². The molecule has 1 amide bonds. The van der Waals surface area contributed by atoms with E-state index in [2.05, 4.69) is 5.32 Å². The van der Waals surface area contributed by atoms with Gasteiger partial charge in [0.05, 0.1) is 12.1 Å². The Morgan fingerprint density at radius 3 is 2.70 bits per heavy atom. The van der Waals surface area contributed by atoms with E-state index in [1.807, 2.05) is 0 Å². The van der Waals surface area contributed by atoms with Gasteiger partial charge < -0.3 is 15.8 Å². The minimum absolute atomic E-state index is 0.000353. The first kappa shape index (κ1) is 19.1. The van der Waals surface area contributed by atoms with Gasteiger partial charge in [-0.2, -0.15) is 13.2 Å². The molecule has 1 unspecified atom stereocenters. The number of hydrogen-bond acceptors (Lipinski definition) is 3. The molecule has 1 aromatic rings. The number of hydrogen-bond donors (Lipinski definition) is 2. The molecule has 23 heavy (non-hydrogen) atoms. The summed E-state index contributed by atoms with van der Waals surface area (Å²) in [7, 11) is 1.25. The van der Waals surface area contributed by atoms with E-state index in [0.717, 1.165) is 18.2 Å². The van der Waals surface area contributed by atoms with Crippen molar-refractivity contribution in [2.24, 2.45) is 5.73 Å². The number of benzene rings is 1. The molecule has 0 heterocycles. The lowest BCUT2D eigenvalue weighted by molar-refractivity contribution is -0.137. The monoisotopic (exact) mass is 334 g/mol. The first-order valence-electron chi connectivity index (χ1n) is 6.79. The number of rotatable bonds is 7. The Morgan fingerprint density at radius 2 is 2.13 bits per heavy atom. The molecular formula is C15H18F4N2O2. The van der Waals surface area contributed by atoms with Crippen molar-refractivity contribution in [3.8, 4) is 0 Å². The highest BCUT2D eigenvalue weighted by Crippen LogP contribution is 2.29. The van der Waals surface area contributed by atoms with Crippen molar-refractivity contribution >= 4 is 5.91 Å². The number of carbonyl (C=O) groups excluding carboxylic acids is 1. The summed E-state index contributed by atoms with van der Waals surface area (Å²) in [6.45, 7) is -0.349. The van der Waals surface area contributed by atoms with Gasteiger partial charge >= 0.3 is 6.18 Å². The first-order chi connectivity index (χ1) is 10.8. The summed E-state index contributed by atoms with van der Waals surface area (Å²) in [5, 5.41) is 2.30. The average molecular weight is 334 g/mol. The fraction of sp³-hybridized carbons (Fsp3) is 0.400. The molecule has 1 atom stereocenters. The lowest BCUT2D eigenvalue weighted by Gasteiger charge is -2.16. The van der Waals surface area contributed by atoms with Crippen molar-refractivity contribution in [3.05, 3.63) is 47.3 Å². The second-order valence-corrected chi connectivity index (χ2v) is 4.73. The second-order valence-electron chi connectivity index (χ2n) is 4.73. The minimum atomic E-state index is -4.46. The van der Waals surface area contributed by atoms with E-state index in [-0.39, 0.29) is 19.5 Å². The topological polar surface area (TPSA) is 64.3 Å². The molecule has 128 valence electrons. The summed E-state index contributed by atoms with van der Waals surface area (Å²) in [4.78, 5) is 11.9. The van der Waals surface area contributed by atoms with Gasteiger partial charge in [-0.05, 0) is 17.7 Å². The highest BCUT2D eigenvalue weighted by atomic mass is 19.4. The normalized spacial score (nSPS) is 13.7. The van der Waals surface area contributed by atoms with E-state index >= 15 is 0 Å². The number of carbonyl (C=O) groups is 1. The van der Waals surface area contributed by atoms with Crippen LogP contribution < -0.4 is 11.1 Å². The van der Waals surface area contributed by atoms with Gasteiger partial charge in [0.15, 0.2) is 0 Å². The number of ether oxygens (including phenoxy) is 1. The van der Waals surface area contributed by atoms with Crippen LogP contribution >= 0.6 is 0 Å². The molecule has 4 nitrogen and oxygen atoms in total. The van der Waals surface area contributed by atoms with Gasteiger partial charge in [-0.15, -0.1) is 0 Å². The molecule has 0 aliphatic rings. The minimum Gasteiger partial charge on any atom is -0.371 e. The van der Waals surface area contributed by atoms with Crippen LogP contribution in [0.15, 0.2) is 36.2 Å². The maximum Gasteiger partial charge on any atom is 0.416 e. The second kappa shape index (κ2) is 8.64. The molecule has 0 bridgehead atoms. The highest BCUT2D eigenvalue weighted by Gasteiger charge is 2.30. The fourth-order valence-corrected chi connectivity index (χ4v) is 1.86. The average Bonchev–Trinajstić information content (AvgIpc) is 2.50. The largest absolute Gasteiger partial charge is 0.416 e. The van der Waals surface area contributed by atoms with Gasteiger partial charge in [0.25, 0.3) is 0 Å². The molecule has 0 aromatic heterocycles. The number of nitrogens with two attached hydrogens (primary N) is 1. The molecule has 0 saturated carbocycles. The maximum absolute atomic E-state index is 13.1. The summed E-state index contributed by atoms with van der Waals surface area (Å²) < 4.78 is 56.1. The summed E-state index contributed by atoms with van der Waals surface area (Å²) in [5.74, 6) is -1.22. The quantitative estimate of drug-likeness (QED) is 0.752. The zero-order valence-electron chi connectivity index (χ0n) is 12.5. The van der Waals surface area contributed by atoms with Crippen LogP contribution in [-0.2, 0) is 22.1 Å². The Hall–Kier alpha value is -1.93. The van der Waals surface area contributed by atoms with Crippen molar-refractivity contribution in [3.63, 3.8) is 0 Å². The summed E-state index contributed by atoms with van der Waals surface area (Å²) >= 11 is 0. The molecule has 3 N–H and O–H groups in total. The number of nitrogens with one attached hydrogen (secondary N) is 1. The van der Waals surface area contributed by atoms with Crippen molar-refractivity contribution in [1.29, 1.82) is 0 Å². The van der Waals surface area contributed by atoms with Crippen molar-refractivity contribution in [2.75, 3.05) is 20.2 Å². The first-order valence-corrected chi connectivity index (χ1v) is 6.79. The Bertz CT molecular complexity index is 559. The van der Waals surface area contributed by atoms with E-state index in [1.54, 1.807) is 0 Å². The molecule has 0 aliphatic carbocycles. The number of alkyl halides is 3. The molecule has 1 aromatic carbocycles. The van der Waals surface area contributed by atoms with Crippen molar-refractivity contribution < 1.29 is 27.1 Å². The standard InChI is InChI=1S/C15H18F4N2O2/c1-23-13(14(22)21-9-12(16)5-6-20)8-10-3-2-4-11(7-10)15(17,18)19/h2-5,7,13H,6,8-9,20H2,1H3,(H,21,22). The number of methoxy groups -OCH3 is 1. The van der Waals surface area contributed by atoms with E-state index in [4.69, 9.17) is 10.5 Å². The smallest absolute Gasteiger partial charge is 0.371 e. The van der Waals surface area contributed by atoms with Crippen LogP contribution in [0.4, 0.5) is 17.6 Å². The summed E-state index contributed by atoms with van der Waals surface area (Å²) in [5.41, 5.74) is 4.62. The number of amides is 1. The third-order valence-corrected chi connectivity index (χ3v) is 3.02. The Kier molecular flexibility index (Phi) is 7.18. The van der Waals surface area contributed by atoms with Crippen LogP contribution in [0.1, 0.15) is 11.1 Å².